The van der Waals surface area contributed by atoms with Crippen LogP contribution in [0.15, 0.2) is 55.0 Å². The molecule has 2 aromatic heterocycles. The lowest BCUT2D eigenvalue weighted by atomic mass is 10.2. The maximum absolute atomic E-state index is 6.10. The molecule has 0 amide bonds. The van der Waals surface area contributed by atoms with Gasteiger partial charge in [-0.3, -0.25) is 0 Å². The van der Waals surface area contributed by atoms with Crippen LogP contribution in [0.3, 0.4) is 0 Å². The smallest absolute Gasteiger partial charge is 0.168 e. The minimum atomic E-state index is 0.708. The molecule has 0 bridgehead atoms. The quantitative estimate of drug-likeness (QED) is 0.487. The summed E-state index contributed by atoms with van der Waals surface area (Å²) in [5, 5.41) is 6.21. The van der Waals surface area contributed by atoms with E-state index in [4.69, 9.17) is 11.6 Å². The average molecular weight is 378 g/mol. The van der Waals surface area contributed by atoms with Crippen molar-refractivity contribution in [1.29, 1.82) is 0 Å². The zero-order valence-corrected chi connectivity index (χ0v) is 16.3. The highest BCUT2D eigenvalue weighted by molar-refractivity contribution is 6.30. The molecule has 0 fully saturated rings. The number of halogens is 1. The summed E-state index contributed by atoms with van der Waals surface area (Å²) in [5.41, 5.74) is 5.09. The summed E-state index contributed by atoms with van der Waals surface area (Å²) >= 11 is 6.10. The first-order valence-corrected chi connectivity index (χ1v) is 9.25. The van der Waals surface area contributed by atoms with Gasteiger partial charge in [0.25, 0.3) is 0 Å². The summed E-state index contributed by atoms with van der Waals surface area (Å²) in [5.74, 6) is 0.853. The van der Waals surface area contributed by atoms with Gasteiger partial charge in [-0.15, -0.1) is 0 Å². The molecule has 4 aromatic rings. The molecule has 0 aliphatic rings. The van der Waals surface area contributed by atoms with Crippen LogP contribution >= 0.6 is 11.6 Å². The third kappa shape index (κ3) is 3.15. The Hall–Kier alpha value is -2.92. The number of aryl methyl sites for hydroxylation is 2. The van der Waals surface area contributed by atoms with E-state index in [1.54, 1.807) is 6.33 Å². The fraction of sp³-hybridized carbons (Fsp3) is 0.190. The van der Waals surface area contributed by atoms with Gasteiger partial charge in [0, 0.05) is 17.3 Å². The van der Waals surface area contributed by atoms with Gasteiger partial charge < -0.3 is 4.90 Å². The second-order valence-electron chi connectivity index (χ2n) is 6.51. The highest BCUT2D eigenvalue weighted by atomic mass is 35.5. The fourth-order valence-electron chi connectivity index (χ4n) is 3.33. The highest BCUT2D eigenvalue weighted by Gasteiger charge is 2.17. The van der Waals surface area contributed by atoms with Crippen molar-refractivity contribution in [3.05, 3.63) is 71.1 Å². The molecule has 2 heterocycles. The SMILES string of the molecule is CCN(c1cccc(C)c1)c1ncnc2c1cnn2-c1ccc(Cl)cc1C. The molecule has 0 aliphatic heterocycles. The normalized spacial score (nSPS) is 11.1. The highest BCUT2D eigenvalue weighted by Crippen LogP contribution is 2.31. The lowest BCUT2D eigenvalue weighted by Gasteiger charge is -2.22. The molecule has 5 nitrogen and oxygen atoms in total. The van der Waals surface area contributed by atoms with E-state index in [2.05, 4.69) is 58.1 Å². The molecule has 0 radical (unpaired) electrons. The number of aromatic nitrogens is 4. The zero-order chi connectivity index (χ0) is 19.0. The lowest BCUT2D eigenvalue weighted by molar-refractivity contribution is 0.886. The van der Waals surface area contributed by atoms with Gasteiger partial charge in [-0.25, -0.2) is 14.6 Å². The first kappa shape index (κ1) is 17.5. The number of nitrogens with zero attached hydrogens (tertiary/aromatic N) is 5. The third-order valence-electron chi connectivity index (χ3n) is 4.62. The number of hydrogen-bond acceptors (Lipinski definition) is 4. The molecule has 27 heavy (non-hydrogen) atoms. The summed E-state index contributed by atoms with van der Waals surface area (Å²) in [4.78, 5) is 11.2. The molecule has 6 heteroatoms. The summed E-state index contributed by atoms with van der Waals surface area (Å²) in [6, 6.07) is 14.2. The molecule has 136 valence electrons. The second-order valence-corrected chi connectivity index (χ2v) is 6.94. The fourth-order valence-corrected chi connectivity index (χ4v) is 3.56. The van der Waals surface area contributed by atoms with Gasteiger partial charge in [0.1, 0.15) is 12.1 Å². The molecule has 0 saturated heterocycles. The molecule has 0 aliphatic carbocycles. The van der Waals surface area contributed by atoms with E-state index in [0.29, 0.717) is 5.02 Å². The Bertz CT molecular complexity index is 1120. The Morgan fingerprint density at radius 3 is 2.67 bits per heavy atom. The molecule has 0 saturated carbocycles. The van der Waals surface area contributed by atoms with Crippen LogP contribution in [0.4, 0.5) is 11.5 Å². The summed E-state index contributed by atoms with van der Waals surface area (Å²) in [6.07, 6.45) is 3.43. The van der Waals surface area contributed by atoms with Crippen LogP contribution in [0.2, 0.25) is 5.02 Å². The Morgan fingerprint density at radius 1 is 1.07 bits per heavy atom. The molecule has 0 spiro atoms. The molecule has 0 N–H and O–H groups in total. The van der Waals surface area contributed by atoms with Gasteiger partial charge in [-0.05, 0) is 62.2 Å². The van der Waals surface area contributed by atoms with Crippen LogP contribution in [-0.4, -0.2) is 26.3 Å². The minimum absolute atomic E-state index is 0.708. The summed E-state index contributed by atoms with van der Waals surface area (Å²) in [6.45, 7) is 7.01. The predicted molar refractivity (Wildman–Crippen MR) is 110 cm³/mol. The molecule has 0 atom stereocenters. The Labute approximate surface area is 163 Å². The van der Waals surface area contributed by atoms with E-state index in [0.717, 1.165) is 40.3 Å². The van der Waals surface area contributed by atoms with E-state index in [1.165, 1.54) is 5.56 Å². The number of anilines is 2. The van der Waals surface area contributed by atoms with E-state index in [1.807, 2.05) is 36.0 Å². The minimum Gasteiger partial charge on any atom is -0.326 e. The Morgan fingerprint density at radius 2 is 1.93 bits per heavy atom. The Kier molecular flexibility index (Phi) is 4.54. The summed E-state index contributed by atoms with van der Waals surface area (Å²) < 4.78 is 1.84. The van der Waals surface area contributed by atoms with Gasteiger partial charge in [0.15, 0.2) is 5.65 Å². The van der Waals surface area contributed by atoms with Gasteiger partial charge in [0.05, 0.1) is 17.3 Å². The van der Waals surface area contributed by atoms with Crippen molar-refractivity contribution in [3.8, 4) is 5.69 Å². The first-order chi connectivity index (χ1) is 13.1. The van der Waals surface area contributed by atoms with Gasteiger partial charge in [-0.1, -0.05) is 23.7 Å². The van der Waals surface area contributed by atoms with Crippen LogP contribution in [0.1, 0.15) is 18.1 Å². The standard InChI is InChI=1S/C21H20ClN5/c1-4-26(17-7-5-6-14(2)10-17)20-18-12-25-27(21(18)24-13-23-20)19-9-8-16(22)11-15(19)3/h5-13H,4H2,1-3H3. The van der Waals surface area contributed by atoms with E-state index < -0.39 is 0 Å². The van der Waals surface area contributed by atoms with Crippen LogP contribution in [-0.2, 0) is 0 Å². The van der Waals surface area contributed by atoms with Crippen molar-refractivity contribution in [2.24, 2.45) is 0 Å². The number of hydrogen-bond donors (Lipinski definition) is 0. The largest absolute Gasteiger partial charge is 0.326 e. The van der Waals surface area contributed by atoms with E-state index >= 15 is 0 Å². The molecule has 4 rings (SSSR count). The van der Waals surface area contributed by atoms with Crippen molar-refractivity contribution in [2.45, 2.75) is 20.8 Å². The maximum Gasteiger partial charge on any atom is 0.168 e. The van der Waals surface area contributed by atoms with Crippen LogP contribution in [0, 0.1) is 13.8 Å². The summed E-state index contributed by atoms with van der Waals surface area (Å²) in [7, 11) is 0. The molecule has 0 unspecified atom stereocenters. The second kappa shape index (κ2) is 7.00. The number of fused-ring (bicyclic) bond motifs is 1. The molecular formula is C21H20ClN5. The zero-order valence-electron chi connectivity index (χ0n) is 15.5. The van der Waals surface area contributed by atoms with Gasteiger partial charge in [0.2, 0.25) is 0 Å². The van der Waals surface area contributed by atoms with Crippen molar-refractivity contribution in [2.75, 3.05) is 11.4 Å². The number of benzene rings is 2. The monoisotopic (exact) mass is 377 g/mol. The maximum atomic E-state index is 6.10. The van der Waals surface area contributed by atoms with E-state index in [-0.39, 0.29) is 0 Å². The molecular weight excluding hydrogens is 358 g/mol. The number of rotatable bonds is 4. The Balaban J connectivity index is 1.87. The van der Waals surface area contributed by atoms with E-state index in [9.17, 15) is 0 Å². The van der Waals surface area contributed by atoms with Crippen molar-refractivity contribution >= 4 is 34.1 Å². The molecule has 2 aromatic carbocycles. The van der Waals surface area contributed by atoms with Crippen molar-refractivity contribution in [1.82, 2.24) is 19.7 Å². The lowest BCUT2D eigenvalue weighted by Crippen LogP contribution is -2.18. The van der Waals surface area contributed by atoms with Crippen LogP contribution in [0.25, 0.3) is 16.7 Å². The van der Waals surface area contributed by atoms with Crippen LogP contribution in [0.5, 0.6) is 0 Å². The van der Waals surface area contributed by atoms with Gasteiger partial charge >= 0.3 is 0 Å². The topological polar surface area (TPSA) is 46.8 Å². The van der Waals surface area contributed by atoms with Crippen molar-refractivity contribution < 1.29 is 0 Å². The third-order valence-corrected chi connectivity index (χ3v) is 4.85. The first-order valence-electron chi connectivity index (χ1n) is 8.88. The average Bonchev–Trinajstić information content (AvgIpc) is 3.07. The van der Waals surface area contributed by atoms with Crippen LogP contribution < -0.4 is 4.90 Å². The van der Waals surface area contributed by atoms with Gasteiger partial charge in [-0.2, -0.15) is 5.10 Å². The van der Waals surface area contributed by atoms with Crippen molar-refractivity contribution in [3.63, 3.8) is 0 Å². The predicted octanol–water partition coefficient (Wildman–Crippen LogP) is 5.24.